The lowest BCUT2D eigenvalue weighted by Gasteiger charge is -2.03. The molecule has 0 unspecified atom stereocenters. The van der Waals surface area contributed by atoms with Gasteiger partial charge in [0.15, 0.2) is 0 Å². The third-order valence-electron chi connectivity index (χ3n) is 1.56. The van der Waals surface area contributed by atoms with Gasteiger partial charge in [0.05, 0.1) is 12.7 Å². The molecule has 1 aromatic heterocycles. The first-order valence-corrected chi connectivity index (χ1v) is 4.14. The van der Waals surface area contributed by atoms with Gasteiger partial charge in [-0.3, -0.25) is 4.98 Å². The summed E-state index contributed by atoms with van der Waals surface area (Å²) in [5.74, 6) is -0.360. The van der Waals surface area contributed by atoms with E-state index in [1.54, 1.807) is 6.20 Å². The predicted molar refractivity (Wildman–Crippen MR) is 48.0 cm³/mol. The van der Waals surface area contributed by atoms with Crippen LogP contribution in [-0.4, -0.2) is 18.1 Å². The molecular weight excluding hydrogens is 222 g/mol. The van der Waals surface area contributed by atoms with Crippen LogP contribution in [0.2, 0.25) is 0 Å². The van der Waals surface area contributed by atoms with Gasteiger partial charge < -0.3 is 4.74 Å². The summed E-state index contributed by atoms with van der Waals surface area (Å²) in [7, 11) is 1.35. The molecule has 0 fully saturated rings. The summed E-state index contributed by atoms with van der Waals surface area (Å²) in [4.78, 5) is 15.0. The fraction of sp³-hybridized carbons (Fsp3) is 0.250. The number of rotatable bonds is 1. The van der Waals surface area contributed by atoms with Gasteiger partial charge in [0.1, 0.15) is 0 Å². The second-order valence-electron chi connectivity index (χ2n) is 2.29. The van der Waals surface area contributed by atoms with E-state index in [9.17, 15) is 4.79 Å². The highest BCUT2D eigenvalue weighted by Crippen LogP contribution is 2.18. The van der Waals surface area contributed by atoms with Gasteiger partial charge in [-0.25, -0.2) is 4.79 Å². The molecule has 1 heterocycles. The van der Waals surface area contributed by atoms with Gasteiger partial charge >= 0.3 is 5.97 Å². The zero-order chi connectivity index (χ0) is 9.14. The lowest BCUT2D eigenvalue weighted by atomic mass is 10.2. The lowest BCUT2D eigenvalue weighted by molar-refractivity contribution is 0.0599. The van der Waals surface area contributed by atoms with Crippen molar-refractivity contribution in [1.29, 1.82) is 0 Å². The molecule has 0 N–H and O–H groups in total. The Morgan fingerprint density at radius 3 is 2.83 bits per heavy atom. The van der Waals surface area contributed by atoms with Gasteiger partial charge in [-0.2, -0.15) is 0 Å². The van der Waals surface area contributed by atoms with Crippen LogP contribution in [0.1, 0.15) is 15.9 Å². The van der Waals surface area contributed by atoms with Gasteiger partial charge in [0.25, 0.3) is 0 Å². The van der Waals surface area contributed by atoms with E-state index >= 15 is 0 Å². The van der Waals surface area contributed by atoms with Crippen molar-refractivity contribution in [3.8, 4) is 0 Å². The quantitative estimate of drug-likeness (QED) is 0.692. The summed E-state index contributed by atoms with van der Waals surface area (Å²) in [5.41, 5.74) is 1.34. The zero-order valence-electron chi connectivity index (χ0n) is 6.80. The van der Waals surface area contributed by atoms with Crippen LogP contribution in [0.4, 0.5) is 0 Å². The minimum absolute atomic E-state index is 0.360. The van der Waals surface area contributed by atoms with Gasteiger partial charge in [-0.05, 0) is 28.4 Å². The first-order valence-electron chi connectivity index (χ1n) is 3.35. The Bertz CT molecular complexity index is 312. The van der Waals surface area contributed by atoms with Crippen molar-refractivity contribution in [2.75, 3.05) is 7.11 Å². The van der Waals surface area contributed by atoms with Gasteiger partial charge in [0, 0.05) is 16.9 Å². The third kappa shape index (κ3) is 1.64. The molecule has 0 saturated heterocycles. The molecule has 0 amide bonds. The van der Waals surface area contributed by atoms with E-state index in [0.29, 0.717) is 5.56 Å². The Balaban J connectivity index is 3.16. The first kappa shape index (κ1) is 9.19. The Morgan fingerprint density at radius 1 is 1.58 bits per heavy atom. The summed E-state index contributed by atoms with van der Waals surface area (Å²) in [5, 5.41) is 0. The van der Waals surface area contributed by atoms with E-state index in [2.05, 4.69) is 25.7 Å². The average Bonchev–Trinajstić information content (AvgIpc) is 2.08. The van der Waals surface area contributed by atoms with Gasteiger partial charge in [-0.1, -0.05) is 0 Å². The fourth-order valence-electron chi connectivity index (χ4n) is 0.815. The minimum atomic E-state index is -0.360. The van der Waals surface area contributed by atoms with Crippen molar-refractivity contribution in [3.05, 3.63) is 28.0 Å². The number of pyridine rings is 1. The number of aromatic nitrogens is 1. The Labute approximate surface area is 78.9 Å². The monoisotopic (exact) mass is 229 g/mol. The van der Waals surface area contributed by atoms with Crippen LogP contribution in [0.25, 0.3) is 0 Å². The van der Waals surface area contributed by atoms with Crippen molar-refractivity contribution in [1.82, 2.24) is 4.98 Å². The Hall–Kier alpha value is -0.900. The number of esters is 1. The van der Waals surface area contributed by atoms with Crippen LogP contribution >= 0.6 is 15.9 Å². The van der Waals surface area contributed by atoms with E-state index in [1.807, 2.05) is 6.92 Å². The number of ether oxygens (including phenoxy) is 1. The smallest absolute Gasteiger partial charge is 0.339 e. The summed E-state index contributed by atoms with van der Waals surface area (Å²) in [6, 6.07) is 0. The standard InChI is InChI=1S/C8H8BrNO2/c1-5-6(8(11)12-2)3-10-4-7(5)9/h3-4H,1-2H3. The molecule has 0 saturated carbocycles. The van der Waals surface area contributed by atoms with Crippen LogP contribution in [0, 0.1) is 6.92 Å². The Kier molecular flexibility index (Phi) is 2.81. The molecule has 1 aromatic rings. The molecule has 0 aliphatic heterocycles. The predicted octanol–water partition coefficient (Wildman–Crippen LogP) is 1.94. The molecular formula is C8H8BrNO2. The van der Waals surface area contributed by atoms with E-state index in [4.69, 9.17) is 0 Å². The topological polar surface area (TPSA) is 39.2 Å². The highest BCUT2D eigenvalue weighted by atomic mass is 79.9. The van der Waals surface area contributed by atoms with Crippen molar-refractivity contribution >= 4 is 21.9 Å². The fourth-order valence-corrected chi connectivity index (χ4v) is 1.15. The average molecular weight is 230 g/mol. The van der Waals surface area contributed by atoms with E-state index in [0.717, 1.165) is 10.0 Å². The van der Waals surface area contributed by atoms with E-state index in [-0.39, 0.29) is 5.97 Å². The number of methoxy groups -OCH3 is 1. The van der Waals surface area contributed by atoms with Gasteiger partial charge in [0.2, 0.25) is 0 Å². The largest absolute Gasteiger partial charge is 0.465 e. The van der Waals surface area contributed by atoms with Crippen molar-refractivity contribution in [2.24, 2.45) is 0 Å². The first-order chi connectivity index (χ1) is 5.66. The molecule has 0 spiro atoms. The molecule has 0 radical (unpaired) electrons. The molecule has 1 rings (SSSR count). The molecule has 0 atom stereocenters. The van der Waals surface area contributed by atoms with E-state index < -0.39 is 0 Å². The maximum Gasteiger partial charge on any atom is 0.339 e. The molecule has 0 aliphatic carbocycles. The number of nitrogens with zero attached hydrogens (tertiary/aromatic N) is 1. The SMILES string of the molecule is COC(=O)c1cncc(Br)c1C. The molecule has 0 aliphatic rings. The maximum atomic E-state index is 11.1. The summed E-state index contributed by atoms with van der Waals surface area (Å²) < 4.78 is 5.38. The molecule has 3 nitrogen and oxygen atoms in total. The Morgan fingerprint density at radius 2 is 2.25 bits per heavy atom. The number of carbonyl (C=O) groups excluding carboxylic acids is 1. The van der Waals surface area contributed by atoms with Crippen LogP contribution < -0.4 is 0 Å². The highest BCUT2D eigenvalue weighted by Gasteiger charge is 2.10. The normalized spacial score (nSPS) is 9.58. The van der Waals surface area contributed by atoms with Crippen LogP contribution in [0.15, 0.2) is 16.9 Å². The van der Waals surface area contributed by atoms with Gasteiger partial charge in [-0.15, -0.1) is 0 Å². The van der Waals surface area contributed by atoms with Crippen LogP contribution in [0.5, 0.6) is 0 Å². The number of carbonyl (C=O) groups is 1. The number of halogens is 1. The highest BCUT2D eigenvalue weighted by molar-refractivity contribution is 9.10. The lowest BCUT2D eigenvalue weighted by Crippen LogP contribution is -2.04. The number of hydrogen-bond donors (Lipinski definition) is 0. The number of hydrogen-bond acceptors (Lipinski definition) is 3. The van der Waals surface area contributed by atoms with Crippen molar-refractivity contribution in [3.63, 3.8) is 0 Å². The minimum Gasteiger partial charge on any atom is -0.465 e. The van der Waals surface area contributed by atoms with Crippen molar-refractivity contribution in [2.45, 2.75) is 6.92 Å². The molecule has 64 valence electrons. The zero-order valence-corrected chi connectivity index (χ0v) is 8.38. The summed E-state index contributed by atoms with van der Waals surface area (Å²) in [6.45, 7) is 1.83. The second kappa shape index (κ2) is 3.67. The summed E-state index contributed by atoms with van der Waals surface area (Å²) >= 11 is 3.27. The van der Waals surface area contributed by atoms with Crippen LogP contribution in [0.3, 0.4) is 0 Å². The molecule has 0 bridgehead atoms. The molecule has 12 heavy (non-hydrogen) atoms. The maximum absolute atomic E-state index is 11.1. The molecule has 0 aromatic carbocycles. The summed E-state index contributed by atoms with van der Waals surface area (Å²) in [6.07, 6.45) is 3.13. The van der Waals surface area contributed by atoms with Crippen molar-refractivity contribution < 1.29 is 9.53 Å². The van der Waals surface area contributed by atoms with E-state index in [1.165, 1.54) is 13.3 Å². The van der Waals surface area contributed by atoms with Crippen LogP contribution in [-0.2, 0) is 4.74 Å². The third-order valence-corrected chi connectivity index (χ3v) is 2.36. The molecule has 4 heteroatoms. The second-order valence-corrected chi connectivity index (χ2v) is 3.14.